The molecule has 3 rings (SSSR count). The number of nitrogens with zero attached hydrogens (tertiary/aromatic N) is 4. The molecular formula is C28H39ClFN5. The molecule has 2 aromatic carbocycles. The molecule has 0 aromatic heterocycles. The van der Waals surface area contributed by atoms with Gasteiger partial charge in [-0.3, -0.25) is 10.3 Å². The van der Waals surface area contributed by atoms with Gasteiger partial charge in [-0.1, -0.05) is 37.2 Å². The topological polar surface area (TPSA) is 34.1 Å². The average molecular weight is 500 g/mol. The SMILES string of the molecule is C=C1CC(C(C(C)c2c(F)ccc(C)c2C)N(C)CN(CCN(C)C)c2cc(Cl)ccc2C)=NN1. The molecule has 2 atom stereocenters. The molecule has 0 spiro atoms. The van der Waals surface area contributed by atoms with Crippen LogP contribution in [0.3, 0.4) is 0 Å². The number of halogens is 2. The number of hydrazone groups is 1. The van der Waals surface area contributed by atoms with Crippen molar-refractivity contribution >= 4 is 23.0 Å². The molecule has 0 aliphatic carbocycles. The smallest absolute Gasteiger partial charge is 0.127 e. The van der Waals surface area contributed by atoms with E-state index < -0.39 is 0 Å². The molecule has 0 fully saturated rings. The number of nitrogens with one attached hydrogen (secondary N) is 1. The number of allylic oxidation sites excluding steroid dienone is 1. The zero-order valence-electron chi connectivity index (χ0n) is 22.1. The van der Waals surface area contributed by atoms with Crippen LogP contribution in [-0.2, 0) is 0 Å². The first-order valence-electron chi connectivity index (χ1n) is 12.1. The van der Waals surface area contributed by atoms with Gasteiger partial charge in [0.25, 0.3) is 0 Å². The summed E-state index contributed by atoms with van der Waals surface area (Å²) in [4.78, 5) is 6.80. The quantitative estimate of drug-likeness (QED) is 0.425. The van der Waals surface area contributed by atoms with Crippen LogP contribution in [0.2, 0.25) is 5.02 Å². The third-order valence-electron chi connectivity index (χ3n) is 6.95. The predicted molar refractivity (Wildman–Crippen MR) is 147 cm³/mol. The third-order valence-corrected chi connectivity index (χ3v) is 7.19. The molecule has 2 aromatic rings. The second-order valence-electron chi connectivity index (χ2n) is 10.0. The fourth-order valence-electron chi connectivity index (χ4n) is 4.93. The summed E-state index contributed by atoms with van der Waals surface area (Å²) < 4.78 is 15.2. The van der Waals surface area contributed by atoms with Crippen LogP contribution < -0.4 is 10.3 Å². The van der Waals surface area contributed by atoms with Crippen LogP contribution in [0, 0.1) is 26.6 Å². The standard InChI is InChI=1S/C28H39ClFN5/c1-18-10-12-24(30)27(21(18)4)22(5)28(25-15-20(3)31-32-25)34(8)17-35(14-13-33(6)7)26-16-23(29)11-9-19(26)2/h9-12,16,22,28,31H,3,13-15,17H2,1-2,4-8H3. The summed E-state index contributed by atoms with van der Waals surface area (Å²) in [6.45, 7) is 14.7. The lowest BCUT2D eigenvalue weighted by Crippen LogP contribution is -2.49. The summed E-state index contributed by atoms with van der Waals surface area (Å²) >= 11 is 6.39. The van der Waals surface area contributed by atoms with Crippen LogP contribution in [-0.4, -0.2) is 62.5 Å². The van der Waals surface area contributed by atoms with Crippen molar-refractivity contribution in [3.8, 4) is 0 Å². The van der Waals surface area contributed by atoms with Gasteiger partial charge in [-0.15, -0.1) is 0 Å². The van der Waals surface area contributed by atoms with Crippen molar-refractivity contribution in [1.82, 2.24) is 15.2 Å². The predicted octanol–water partition coefficient (Wildman–Crippen LogP) is 5.70. The lowest BCUT2D eigenvalue weighted by Gasteiger charge is -2.38. The minimum Gasteiger partial charge on any atom is -0.357 e. The summed E-state index contributed by atoms with van der Waals surface area (Å²) in [5.74, 6) is -0.276. The molecule has 1 heterocycles. The second-order valence-corrected chi connectivity index (χ2v) is 10.5. The first-order valence-corrected chi connectivity index (χ1v) is 12.5. The molecule has 0 bridgehead atoms. The molecule has 1 aliphatic rings. The second kappa shape index (κ2) is 11.5. The molecule has 190 valence electrons. The number of hydrogen-bond donors (Lipinski definition) is 1. The van der Waals surface area contributed by atoms with Crippen molar-refractivity contribution in [1.29, 1.82) is 0 Å². The maximum absolute atomic E-state index is 15.2. The lowest BCUT2D eigenvalue weighted by molar-refractivity contribution is 0.262. The van der Waals surface area contributed by atoms with Gasteiger partial charge >= 0.3 is 0 Å². The van der Waals surface area contributed by atoms with Crippen molar-refractivity contribution < 1.29 is 4.39 Å². The minimum atomic E-state index is -0.167. The Labute approximate surface area is 215 Å². The van der Waals surface area contributed by atoms with Gasteiger partial charge in [-0.05, 0) is 82.4 Å². The number of hydrogen-bond acceptors (Lipinski definition) is 5. The Bertz CT molecular complexity index is 1100. The third kappa shape index (κ3) is 6.43. The number of likely N-dealkylation sites (N-methyl/N-ethyl adjacent to an activating group) is 2. The number of rotatable bonds is 10. The van der Waals surface area contributed by atoms with Crippen molar-refractivity contribution in [2.45, 2.75) is 46.1 Å². The Hall–Kier alpha value is -2.41. The maximum atomic E-state index is 15.2. The fraction of sp³-hybridized carbons (Fsp3) is 0.464. The Morgan fingerprint density at radius 3 is 2.40 bits per heavy atom. The van der Waals surface area contributed by atoms with Crippen molar-refractivity contribution in [3.05, 3.63) is 75.7 Å². The van der Waals surface area contributed by atoms with E-state index in [1.807, 2.05) is 32.0 Å². The molecule has 0 saturated carbocycles. The Kier molecular flexibility index (Phi) is 8.97. The van der Waals surface area contributed by atoms with Crippen LogP contribution in [0.25, 0.3) is 0 Å². The highest BCUT2D eigenvalue weighted by atomic mass is 35.5. The maximum Gasteiger partial charge on any atom is 0.127 e. The highest BCUT2D eigenvalue weighted by Crippen LogP contribution is 2.33. The molecule has 1 N–H and O–H groups in total. The van der Waals surface area contributed by atoms with Gasteiger partial charge in [0, 0.05) is 41.8 Å². The summed E-state index contributed by atoms with van der Waals surface area (Å²) in [6, 6.07) is 9.32. The monoisotopic (exact) mass is 499 g/mol. The first-order chi connectivity index (χ1) is 16.5. The van der Waals surface area contributed by atoms with Gasteiger partial charge in [-0.25, -0.2) is 4.39 Å². The Balaban J connectivity index is 2.00. The van der Waals surface area contributed by atoms with E-state index in [1.54, 1.807) is 6.07 Å². The summed E-state index contributed by atoms with van der Waals surface area (Å²) in [6.07, 6.45) is 0.652. The van der Waals surface area contributed by atoms with E-state index in [1.165, 1.54) is 5.56 Å². The Morgan fingerprint density at radius 2 is 1.77 bits per heavy atom. The van der Waals surface area contributed by atoms with Crippen LogP contribution in [0.5, 0.6) is 0 Å². The molecule has 5 nitrogen and oxygen atoms in total. The molecule has 35 heavy (non-hydrogen) atoms. The van der Waals surface area contributed by atoms with Gasteiger partial charge < -0.3 is 9.80 Å². The van der Waals surface area contributed by atoms with E-state index in [-0.39, 0.29) is 17.8 Å². The molecular weight excluding hydrogens is 461 g/mol. The number of benzene rings is 2. The molecule has 0 radical (unpaired) electrons. The highest BCUT2D eigenvalue weighted by Gasteiger charge is 2.34. The van der Waals surface area contributed by atoms with E-state index >= 15 is 4.39 Å². The van der Waals surface area contributed by atoms with E-state index in [0.717, 1.165) is 46.9 Å². The largest absolute Gasteiger partial charge is 0.357 e. The van der Waals surface area contributed by atoms with Crippen LogP contribution in [0.4, 0.5) is 10.1 Å². The zero-order chi connectivity index (χ0) is 25.9. The summed E-state index contributed by atoms with van der Waals surface area (Å²) in [7, 11) is 6.24. The van der Waals surface area contributed by atoms with E-state index in [0.29, 0.717) is 18.1 Å². The lowest BCUT2D eigenvalue weighted by atomic mass is 9.84. The number of aryl methyl sites for hydroxylation is 2. The van der Waals surface area contributed by atoms with E-state index in [2.05, 4.69) is 72.9 Å². The van der Waals surface area contributed by atoms with E-state index in [4.69, 9.17) is 11.6 Å². The van der Waals surface area contributed by atoms with Crippen molar-refractivity contribution in [3.63, 3.8) is 0 Å². The van der Waals surface area contributed by atoms with Crippen LogP contribution >= 0.6 is 11.6 Å². The Morgan fingerprint density at radius 1 is 1.09 bits per heavy atom. The van der Waals surface area contributed by atoms with Crippen molar-refractivity contribution in [2.24, 2.45) is 5.10 Å². The normalized spacial score (nSPS) is 15.4. The van der Waals surface area contributed by atoms with Crippen LogP contribution in [0.15, 0.2) is 47.7 Å². The van der Waals surface area contributed by atoms with Gasteiger partial charge in [0.1, 0.15) is 5.82 Å². The van der Waals surface area contributed by atoms with Gasteiger partial charge in [-0.2, -0.15) is 5.10 Å². The molecule has 0 amide bonds. The van der Waals surface area contributed by atoms with E-state index in [9.17, 15) is 0 Å². The highest BCUT2D eigenvalue weighted by molar-refractivity contribution is 6.30. The zero-order valence-corrected chi connectivity index (χ0v) is 22.9. The summed E-state index contributed by atoms with van der Waals surface area (Å²) in [5.41, 5.74) is 9.97. The molecule has 1 aliphatic heterocycles. The van der Waals surface area contributed by atoms with Gasteiger partial charge in [0.15, 0.2) is 0 Å². The first kappa shape index (κ1) is 27.2. The summed E-state index contributed by atoms with van der Waals surface area (Å²) in [5, 5.41) is 5.32. The molecule has 2 unspecified atom stereocenters. The van der Waals surface area contributed by atoms with Gasteiger partial charge in [0.05, 0.1) is 18.4 Å². The van der Waals surface area contributed by atoms with Crippen molar-refractivity contribution in [2.75, 3.05) is 45.8 Å². The fourth-order valence-corrected chi connectivity index (χ4v) is 5.10. The number of anilines is 1. The van der Waals surface area contributed by atoms with Gasteiger partial charge in [0.2, 0.25) is 0 Å². The minimum absolute atomic E-state index is 0.109. The average Bonchev–Trinajstić information content (AvgIpc) is 3.21. The van der Waals surface area contributed by atoms with Crippen LogP contribution in [0.1, 0.15) is 41.5 Å². The molecule has 7 heteroatoms. The molecule has 0 saturated heterocycles.